The van der Waals surface area contributed by atoms with Crippen LogP contribution in [0.4, 0.5) is 0 Å². The standard InChI is InChI=1S/C16H16N2O4S/c1-22-13-6-9(2-5-11(13)16(20)21)7-17-14(19)12-8-23-15(18-12)10-3-4-10/h2,5-6,8,10H,3-4,7H2,1H3,(H,17,19)(H,20,21). The molecule has 1 aliphatic rings. The van der Waals surface area contributed by atoms with E-state index in [4.69, 9.17) is 9.84 Å². The number of hydrogen-bond donors (Lipinski definition) is 2. The van der Waals surface area contributed by atoms with Crippen molar-refractivity contribution in [3.8, 4) is 5.75 Å². The molecule has 120 valence electrons. The molecule has 23 heavy (non-hydrogen) atoms. The van der Waals surface area contributed by atoms with Crippen molar-refractivity contribution in [3.63, 3.8) is 0 Å². The normalized spacial score (nSPS) is 13.6. The van der Waals surface area contributed by atoms with Crippen LogP contribution in [0.2, 0.25) is 0 Å². The summed E-state index contributed by atoms with van der Waals surface area (Å²) in [7, 11) is 1.42. The maximum atomic E-state index is 12.1. The van der Waals surface area contributed by atoms with Crippen LogP contribution < -0.4 is 10.1 Å². The van der Waals surface area contributed by atoms with Crippen LogP contribution in [0, 0.1) is 0 Å². The number of rotatable bonds is 6. The Morgan fingerprint density at radius 2 is 2.22 bits per heavy atom. The third kappa shape index (κ3) is 3.50. The van der Waals surface area contributed by atoms with E-state index >= 15 is 0 Å². The predicted molar refractivity (Wildman–Crippen MR) is 85.2 cm³/mol. The quantitative estimate of drug-likeness (QED) is 0.849. The highest BCUT2D eigenvalue weighted by Gasteiger charge is 2.27. The van der Waals surface area contributed by atoms with Gasteiger partial charge < -0.3 is 15.2 Å². The largest absolute Gasteiger partial charge is 0.496 e. The van der Waals surface area contributed by atoms with Gasteiger partial charge in [-0.05, 0) is 30.5 Å². The molecule has 1 aromatic carbocycles. The Labute approximate surface area is 137 Å². The summed E-state index contributed by atoms with van der Waals surface area (Å²) < 4.78 is 5.07. The van der Waals surface area contributed by atoms with Crippen LogP contribution in [-0.2, 0) is 6.54 Å². The molecule has 2 N–H and O–H groups in total. The molecule has 1 aliphatic carbocycles. The number of aromatic carboxylic acids is 1. The lowest BCUT2D eigenvalue weighted by Gasteiger charge is -2.08. The molecule has 0 unspecified atom stereocenters. The van der Waals surface area contributed by atoms with Gasteiger partial charge in [0.15, 0.2) is 0 Å². The molecular formula is C16H16N2O4S. The highest BCUT2D eigenvalue weighted by molar-refractivity contribution is 7.10. The molecule has 6 nitrogen and oxygen atoms in total. The summed E-state index contributed by atoms with van der Waals surface area (Å²) in [6, 6.07) is 4.74. The van der Waals surface area contributed by atoms with E-state index in [1.54, 1.807) is 17.5 Å². The minimum absolute atomic E-state index is 0.0937. The number of methoxy groups -OCH3 is 1. The first-order valence-electron chi connectivity index (χ1n) is 7.22. The molecule has 0 spiro atoms. The van der Waals surface area contributed by atoms with E-state index in [1.165, 1.54) is 24.5 Å². The number of thiazole rings is 1. The molecule has 0 saturated heterocycles. The SMILES string of the molecule is COc1cc(CNC(=O)c2csc(C3CC3)n2)ccc1C(=O)O. The van der Waals surface area contributed by atoms with Crippen LogP contribution in [0.25, 0.3) is 0 Å². The van der Waals surface area contributed by atoms with Crippen LogP contribution in [0.1, 0.15) is 50.2 Å². The van der Waals surface area contributed by atoms with Crippen LogP contribution in [0.3, 0.4) is 0 Å². The van der Waals surface area contributed by atoms with Crippen molar-refractivity contribution < 1.29 is 19.4 Å². The van der Waals surface area contributed by atoms with E-state index in [1.807, 2.05) is 0 Å². The number of nitrogens with zero attached hydrogens (tertiary/aromatic N) is 1. The van der Waals surface area contributed by atoms with Crippen molar-refractivity contribution in [2.75, 3.05) is 7.11 Å². The molecule has 1 heterocycles. The maximum absolute atomic E-state index is 12.1. The van der Waals surface area contributed by atoms with Gasteiger partial charge in [0.2, 0.25) is 0 Å². The van der Waals surface area contributed by atoms with Gasteiger partial charge in [-0.3, -0.25) is 4.79 Å². The van der Waals surface area contributed by atoms with Crippen molar-refractivity contribution in [1.29, 1.82) is 0 Å². The number of amides is 1. The Bertz CT molecular complexity index is 752. The van der Waals surface area contributed by atoms with Crippen LogP contribution in [0.5, 0.6) is 5.75 Å². The topological polar surface area (TPSA) is 88.5 Å². The minimum atomic E-state index is -1.05. The molecule has 1 saturated carbocycles. The second kappa shape index (κ2) is 6.37. The van der Waals surface area contributed by atoms with Crippen LogP contribution >= 0.6 is 11.3 Å². The maximum Gasteiger partial charge on any atom is 0.339 e. The summed E-state index contributed by atoms with van der Waals surface area (Å²) in [6.45, 7) is 0.283. The van der Waals surface area contributed by atoms with E-state index in [0.29, 0.717) is 11.6 Å². The molecular weight excluding hydrogens is 316 g/mol. The fraction of sp³-hybridized carbons (Fsp3) is 0.312. The lowest BCUT2D eigenvalue weighted by Crippen LogP contribution is -2.23. The van der Waals surface area contributed by atoms with E-state index < -0.39 is 5.97 Å². The molecule has 0 radical (unpaired) electrons. The number of benzene rings is 1. The van der Waals surface area contributed by atoms with Gasteiger partial charge in [0, 0.05) is 17.8 Å². The van der Waals surface area contributed by atoms with E-state index in [0.717, 1.165) is 23.4 Å². The summed E-state index contributed by atoms with van der Waals surface area (Å²) in [4.78, 5) is 27.5. The number of aromatic nitrogens is 1. The van der Waals surface area contributed by atoms with Crippen molar-refractivity contribution in [2.45, 2.75) is 25.3 Å². The highest BCUT2D eigenvalue weighted by Crippen LogP contribution is 2.41. The van der Waals surface area contributed by atoms with E-state index in [-0.39, 0.29) is 23.8 Å². The predicted octanol–water partition coefficient (Wildman–Crippen LogP) is 2.66. The van der Waals surface area contributed by atoms with Gasteiger partial charge in [-0.2, -0.15) is 0 Å². The molecule has 2 aromatic rings. The zero-order valence-corrected chi connectivity index (χ0v) is 13.4. The first-order valence-corrected chi connectivity index (χ1v) is 8.10. The van der Waals surface area contributed by atoms with Gasteiger partial charge in [-0.25, -0.2) is 9.78 Å². The summed E-state index contributed by atoms with van der Waals surface area (Å²) in [5, 5.41) is 14.6. The lowest BCUT2D eigenvalue weighted by atomic mass is 10.1. The zero-order chi connectivity index (χ0) is 16.4. The van der Waals surface area contributed by atoms with Crippen LogP contribution in [0.15, 0.2) is 23.6 Å². The third-order valence-corrected chi connectivity index (χ3v) is 4.64. The molecule has 0 bridgehead atoms. The van der Waals surface area contributed by atoms with Crippen molar-refractivity contribution in [2.24, 2.45) is 0 Å². The monoisotopic (exact) mass is 332 g/mol. The molecule has 0 aliphatic heterocycles. The number of ether oxygens (including phenoxy) is 1. The Balaban J connectivity index is 1.64. The van der Waals surface area contributed by atoms with Gasteiger partial charge >= 0.3 is 5.97 Å². The van der Waals surface area contributed by atoms with E-state index in [2.05, 4.69) is 10.3 Å². The van der Waals surface area contributed by atoms with Gasteiger partial charge in [-0.15, -0.1) is 11.3 Å². The molecule has 3 rings (SSSR count). The fourth-order valence-electron chi connectivity index (χ4n) is 2.20. The first-order chi connectivity index (χ1) is 11.1. The Morgan fingerprint density at radius 1 is 1.43 bits per heavy atom. The van der Waals surface area contributed by atoms with E-state index in [9.17, 15) is 9.59 Å². The molecule has 1 fully saturated rings. The average Bonchev–Trinajstić information content (AvgIpc) is 3.29. The molecule has 1 amide bonds. The van der Waals surface area contributed by atoms with Crippen LogP contribution in [-0.4, -0.2) is 29.1 Å². The first kappa shape index (κ1) is 15.5. The number of carbonyl (C=O) groups excluding carboxylic acids is 1. The molecule has 1 aromatic heterocycles. The van der Waals surface area contributed by atoms with Gasteiger partial charge in [-0.1, -0.05) is 6.07 Å². The minimum Gasteiger partial charge on any atom is -0.496 e. The second-order valence-corrected chi connectivity index (χ2v) is 6.26. The zero-order valence-electron chi connectivity index (χ0n) is 12.5. The summed E-state index contributed by atoms with van der Waals surface area (Å²) in [5.74, 6) is -0.467. The average molecular weight is 332 g/mol. The Kier molecular flexibility index (Phi) is 4.29. The number of carbonyl (C=O) groups is 2. The number of carboxylic acids is 1. The fourth-order valence-corrected chi connectivity index (χ4v) is 3.18. The van der Waals surface area contributed by atoms with Gasteiger partial charge in [0.05, 0.1) is 12.1 Å². The third-order valence-electron chi connectivity index (χ3n) is 3.63. The summed E-state index contributed by atoms with van der Waals surface area (Å²) in [5.41, 5.74) is 1.29. The molecule has 0 atom stereocenters. The summed E-state index contributed by atoms with van der Waals surface area (Å²) in [6.07, 6.45) is 2.31. The molecule has 7 heteroatoms. The number of hydrogen-bond acceptors (Lipinski definition) is 5. The number of nitrogens with one attached hydrogen (secondary N) is 1. The Hall–Kier alpha value is -2.41. The van der Waals surface area contributed by atoms with Crippen molar-refractivity contribution in [3.05, 3.63) is 45.4 Å². The van der Waals surface area contributed by atoms with Crippen molar-refractivity contribution in [1.82, 2.24) is 10.3 Å². The van der Waals surface area contributed by atoms with Gasteiger partial charge in [0.1, 0.15) is 17.0 Å². The summed E-state index contributed by atoms with van der Waals surface area (Å²) >= 11 is 1.52. The smallest absolute Gasteiger partial charge is 0.339 e. The lowest BCUT2D eigenvalue weighted by molar-refractivity contribution is 0.0693. The highest BCUT2D eigenvalue weighted by atomic mass is 32.1. The number of carboxylic acid groups (broad SMARTS) is 1. The van der Waals surface area contributed by atoms with Crippen molar-refractivity contribution >= 4 is 23.2 Å². The Morgan fingerprint density at radius 3 is 2.87 bits per heavy atom. The van der Waals surface area contributed by atoms with Gasteiger partial charge in [0.25, 0.3) is 5.91 Å². The second-order valence-electron chi connectivity index (χ2n) is 5.37.